The molecule has 0 aliphatic rings. The largest absolute Gasteiger partial charge is 0.383 e. The molecule has 0 spiro atoms. The van der Waals surface area contributed by atoms with Crippen molar-refractivity contribution in [3.05, 3.63) is 21.3 Å². The van der Waals surface area contributed by atoms with E-state index >= 15 is 0 Å². The van der Waals surface area contributed by atoms with Crippen molar-refractivity contribution in [3.8, 4) is 0 Å². The highest BCUT2D eigenvalue weighted by Gasteiger charge is 2.49. The van der Waals surface area contributed by atoms with E-state index < -0.39 is 24.3 Å². The van der Waals surface area contributed by atoms with Gasteiger partial charge in [0, 0.05) is 4.88 Å². The molecule has 1 atom stereocenters. The van der Waals surface area contributed by atoms with Gasteiger partial charge in [0.1, 0.15) is 0 Å². The molecule has 17 heavy (non-hydrogen) atoms. The second-order valence-corrected chi connectivity index (χ2v) is 5.01. The molecule has 1 N–H and O–H groups in total. The van der Waals surface area contributed by atoms with Gasteiger partial charge in [0.2, 0.25) is 0 Å². The molecule has 0 bridgehead atoms. The Bertz CT molecular complexity index is 409. The summed E-state index contributed by atoms with van der Waals surface area (Å²) >= 11 is 6.69. The van der Waals surface area contributed by atoms with Crippen LogP contribution < -0.4 is 5.32 Å². The Morgan fingerprint density at radius 1 is 1.47 bits per heavy atom. The number of hydrogen-bond donors (Lipinski definition) is 1. The molecule has 8 heteroatoms. The highest BCUT2D eigenvalue weighted by atomic mass is 35.5. The normalized spacial score (nSPS) is 13.8. The van der Waals surface area contributed by atoms with E-state index in [4.69, 9.17) is 11.6 Å². The summed E-state index contributed by atoms with van der Waals surface area (Å²) in [5.74, 6) is -6.68. The van der Waals surface area contributed by atoms with Crippen LogP contribution in [0.2, 0.25) is 4.34 Å². The summed E-state index contributed by atoms with van der Waals surface area (Å²) in [5, 5.41) is 1.81. The summed E-state index contributed by atoms with van der Waals surface area (Å²) in [4.78, 5) is 11.4. The maximum Gasteiger partial charge on any atom is 0.383 e. The minimum atomic E-state index is -4.69. The Morgan fingerprint density at radius 3 is 2.47 bits per heavy atom. The molecule has 1 aromatic heterocycles. The van der Waals surface area contributed by atoms with Crippen LogP contribution in [-0.2, 0) is 4.79 Å². The molecule has 1 amide bonds. The fourth-order valence-electron chi connectivity index (χ4n) is 1.02. The average molecular weight is 290 g/mol. The standard InChI is InChI=1S/C9H8ClF4NOS/c1-4(5-2-3-6(10)17-5)15-8(16)9(13,14)7(11)12/h2-4,7H,1H3,(H,15,16). The maximum absolute atomic E-state index is 12.6. The van der Waals surface area contributed by atoms with Gasteiger partial charge in [-0.25, -0.2) is 8.78 Å². The maximum atomic E-state index is 12.6. The van der Waals surface area contributed by atoms with E-state index in [9.17, 15) is 22.4 Å². The van der Waals surface area contributed by atoms with Gasteiger partial charge in [-0.15, -0.1) is 11.3 Å². The molecule has 96 valence electrons. The third kappa shape index (κ3) is 3.32. The Morgan fingerprint density at radius 2 is 2.06 bits per heavy atom. The predicted octanol–water partition coefficient (Wildman–Crippen LogP) is 3.48. The number of amides is 1. The van der Waals surface area contributed by atoms with Crippen molar-refractivity contribution < 1.29 is 22.4 Å². The van der Waals surface area contributed by atoms with Gasteiger partial charge in [0.25, 0.3) is 5.91 Å². The Balaban J connectivity index is 2.69. The van der Waals surface area contributed by atoms with Gasteiger partial charge in [-0.1, -0.05) is 11.6 Å². The van der Waals surface area contributed by atoms with Crippen LogP contribution in [0.25, 0.3) is 0 Å². The van der Waals surface area contributed by atoms with Crippen molar-refractivity contribution >= 4 is 28.8 Å². The van der Waals surface area contributed by atoms with Gasteiger partial charge >= 0.3 is 12.3 Å². The van der Waals surface area contributed by atoms with Crippen LogP contribution in [0.15, 0.2) is 12.1 Å². The number of rotatable bonds is 4. The first kappa shape index (κ1) is 14.2. The molecule has 2 nitrogen and oxygen atoms in total. The number of hydrogen-bond acceptors (Lipinski definition) is 2. The van der Waals surface area contributed by atoms with E-state index in [0.29, 0.717) is 9.21 Å². The molecule has 0 saturated heterocycles. The third-order valence-electron chi connectivity index (χ3n) is 1.95. The van der Waals surface area contributed by atoms with E-state index in [1.165, 1.54) is 19.1 Å². The molecule has 1 rings (SSSR count). The van der Waals surface area contributed by atoms with Crippen LogP contribution in [0.1, 0.15) is 17.8 Å². The van der Waals surface area contributed by atoms with Gasteiger partial charge in [0.05, 0.1) is 10.4 Å². The molecule has 1 unspecified atom stereocenters. The third-order valence-corrected chi connectivity index (χ3v) is 3.36. The van der Waals surface area contributed by atoms with Crippen LogP contribution in [0.4, 0.5) is 17.6 Å². The quantitative estimate of drug-likeness (QED) is 0.845. The molecule has 0 fully saturated rings. The average Bonchev–Trinajstić information content (AvgIpc) is 2.64. The van der Waals surface area contributed by atoms with Gasteiger partial charge in [-0.2, -0.15) is 8.78 Å². The Kier molecular flexibility index (Phi) is 4.37. The van der Waals surface area contributed by atoms with Crippen LogP contribution in [-0.4, -0.2) is 18.3 Å². The highest BCUT2D eigenvalue weighted by Crippen LogP contribution is 2.28. The van der Waals surface area contributed by atoms with E-state index in [-0.39, 0.29) is 0 Å². The molecule has 0 aromatic carbocycles. The molecule has 0 aliphatic carbocycles. The molecule has 1 aromatic rings. The number of alkyl halides is 4. The smallest absolute Gasteiger partial charge is 0.343 e. The van der Waals surface area contributed by atoms with E-state index in [0.717, 1.165) is 11.3 Å². The van der Waals surface area contributed by atoms with Gasteiger partial charge in [-0.05, 0) is 19.1 Å². The van der Waals surface area contributed by atoms with Gasteiger partial charge in [-0.3, -0.25) is 4.79 Å². The second kappa shape index (κ2) is 5.22. The van der Waals surface area contributed by atoms with Crippen LogP contribution in [0.5, 0.6) is 0 Å². The molecule has 0 saturated carbocycles. The van der Waals surface area contributed by atoms with Crippen molar-refractivity contribution in [1.29, 1.82) is 0 Å². The van der Waals surface area contributed by atoms with Crippen LogP contribution in [0, 0.1) is 0 Å². The zero-order chi connectivity index (χ0) is 13.2. The zero-order valence-corrected chi connectivity index (χ0v) is 10.1. The summed E-state index contributed by atoms with van der Waals surface area (Å²) < 4.78 is 49.5. The Hall–Kier alpha value is -0.820. The molecule has 0 aliphatic heterocycles. The fraction of sp³-hybridized carbons (Fsp3) is 0.444. The first-order valence-electron chi connectivity index (χ1n) is 4.47. The van der Waals surface area contributed by atoms with Gasteiger partial charge < -0.3 is 5.32 Å². The SMILES string of the molecule is CC(NC(=O)C(F)(F)C(F)F)c1ccc(Cl)s1. The predicted molar refractivity (Wildman–Crippen MR) is 56.8 cm³/mol. The molecule has 1 heterocycles. The van der Waals surface area contributed by atoms with E-state index in [1.54, 1.807) is 0 Å². The topological polar surface area (TPSA) is 29.1 Å². The number of carbonyl (C=O) groups excluding carboxylic acids is 1. The zero-order valence-electron chi connectivity index (χ0n) is 8.52. The Labute approximate surface area is 104 Å². The lowest BCUT2D eigenvalue weighted by Crippen LogP contribution is -2.45. The summed E-state index contributed by atoms with van der Waals surface area (Å²) in [6.07, 6.45) is -4.03. The lowest BCUT2D eigenvalue weighted by molar-refractivity contribution is -0.170. The second-order valence-electron chi connectivity index (χ2n) is 3.26. The summed E-state index contributed by atoms with van der Waals surface area (Å²) in [6.45, 7) is 1.40. The van der Waals surface area contributed by atoms with Crippen molar-refractivity contribution in [2.75, 3.05) is 0 Å². The van der Waals surface area contributed by atoms with E-state index in [2.05, 4.69) is 0 Å². The summed E-state index contributed by atoms with van der Waals surface area (Å²) in [6, 6.07) is 2.25. The lowest BCUT2D eigenvalue weighted by atomic mass is 10.2. The van der Waals surface area contributed by atoms with E-state index in [1.807, 2.05) is 5.32 Å². The minimum absolute atomic E-state index is 0.418. The summed E-state index contributed by atoms with van der Waals surface area (Å²) in [5.41, 5.74) is 0. The number of nitrogens with one attached hydrogen (secondary N) is 1. The lowest BCUT2D eigenvalue weighted by Gasteiger charge is -2.18. The molecular formula is C9H8ClF4NOS. The minimum Gasteiger partial charge on any atom is -0.343 e. The molecule has 0 radical (unpaired) electrons. The van der Waals surface area contributed by atoms with Crippen LogP contribution in [0.3, 0.4) is 0 Å². The van der Waals surface area contributed by atoms with Crippen molar-refractivity contribution in [3.63, 3.8) is 0 Å². The monoisotopic (exact) mass is 289 g/mol. The highest BCUT2D eigenvalue weighted by molar-refractivity contribution is 7.16. The molecular weight excluding hydrogens is 282 g/mol. The number of thiophene rings is 1. The number of halogens is 5. The van der Waals surface area contributed by atoms with Crippen molar-refractivity contribution in [2.24, 2.45) is 0 Å². The first-order chi connectivity index (χ1) is 7.75. The van der Waals surface area contributed by atoms with Crippen molar-refractivity contribution in [1.82, 2.24) is 5.32 Å². The van der Waals surface area contributed by atoms with Crippen LogP contribution >= 0.6 is 22.9 Å². The number of carbonyl (C=O) groups is 1. The van der Waals surface area contributed by atoms with Crippen molar-refractivity contribution in [2.45, 2.75) is 25.3 Å². The first-order valence-corrected chi connectivity index (χ1v) is 5.66. The van der Waals surface area contributed by atoms with Gasteiger partial charge in [0.15, 0.2) is 0 Å². The summed E-state index contributed by atoms with van der Waals surface area (Å²) in [7, 11) is 0. The fourth-order valence-corrected chi connectivity index (χ4v) is 2.09.